The van der Waals surface area contributed by atoms with Crippen LogP contribution in [0, 0.1) is 0 Å². The number of anilines is 1. The maximum Gasteiger partial charge on any atom is 0.228 e. The lowest BCUT2D eigenvalue weighted by molar-refractivity contribution is -0.115. The van der Waals surface area contributed by atoms with E-state index in [0.29, 0.717) is 23.1 Å². The number of carbonyl (C=O) groups is 1. The van der Waals surface area contributed by atoms with Crippen LogP contribution in [-0.4, -0.2) is 50.3 Å². The quantitative estimate of drug-likeness (QED) is 0.689. The molecule has 5 nitrogen and oxygen atoms in total. The Labute approximate surface area is 172 Å². The summed E-state index contributed by atoms with van der Waals surface area (Å²) in [5, 5.41) is 3.52. The minimum Gasteiger partial charge on any atom is -0.490 e. The van der Waals surface area contributed by atoms with Crippen molar-refractivity contribution in [2.24, 2.45) is 0 Å². The number of morpholine rings is 1. The molecule has 0 atom stereocenters. The van der Waals surface area contributed by atoms with Crippen LogP contribution in [0.2, 0.25) is 5.02 Å². The zero-order valence-corrected chi connectivity index (χ0v) is 17.3. The smallest absolute Gasteiger partial charge is 0.228 e. The van der Waals surface area contributed by atoms with Crippen molar-refractivity contribution in [3.63, 3.8) is 0 Å². The summed E-state index contributed by atoms with van der Waals surface area (Å²) in [6.45, 7) is 4.75. The molecule has 144 valence electrons. The first kappa shape index (κ1) is 20.1. The third-order valence-corrected chi connectivity index (χ3v) is 5.16. The molecule has 0 spiro atoms. The highest BCUT2D eigenvalue weighted by atomic mass is 79.9. The van der Waals surface area contributed by atoms with E-state index in [1.807, 2.05) is 36.4 Å². The zero-order valence-electron chi connectivity index (χ0n) is 14.9. The molecule has 27 heavy (non-hydrogen) atoms. The number of amides is 1. The van der Waals surface area contributed by atoms with Crippen LogP contribution in [0.5, 0.6) is 5.75 Å². The van der Waals surface area contributed by atoms with Crippen molar-refractivity contribution in [1.82, 2.24) is 4.90 Å². The Bertz CT molecular complexity index is 782. The normalized spacial score (nSPS) is 14.7. The molecule has 0 aliphatic carbocycles. The van der Waals surface area contributed by atoms with Crippen LogP contribution in [0.15, 0.2) is 46.9 Å². The van der Waals surface area contributed by atoms with E-state index in [-0.39, 0.29) is 12.3 Å². The maximum absolute atomic E-state index is 12.5. The van der Waals surface area contributed by atoms with E-state index in [9.17, 15) is 4.79 Å². The molecule has 1 aliphatic rings. The topological polar surface area (TPSA) is 50.8 Å². The lowest BCUT2D eigenvalue weighted by Crippen LogP contribution is -2.38. The Morgan fingerprint density at radius 2 is 2.00 bits per heavy atom. The molecular weight excluding hydrogens is 432 g/mol. The first-order valence-electron chi connectivity index (χ1n) is 8.87. The van der Waals surface area contributed by atoms with E-state index in [1.54, 1.807) is 6.07 Å². The summed E-state index contributed by atoms with van der Waals surface area (Å²) in [6.07, 6.45) is 0.208. The number of hydrogen-bond donors (Lipinski definition) is 1. The minimum absolute atomic E-state index is 0.140. The molecule has 1 heterocycles. The molecule has 0 unspecified atom stereocenters. The van der Waals surface area contributed by atoms with Crippen molar-refractivity contribution in [1.29, 1.82) is 0 Å². The van der Waals surface area contributed by atoms with E-state index in [1.165, 1.54) is 0 Å². The molecule has 2 aromatic carbocycles. The van der Waals surface area contributed by atoms with Crippen LogP contribution < -0.4 is 10.1 Å². The highest BCUT2D eigenvalue weighted by Crippen LogP contribution is 2.28. The zero-order chi connectivity index (χ0) is 19.1. The number of halogens is 2. The molecular formula is C20H22BrClN2O3. The van der Waals surface area contributed by atoms with Crippen LogP contribution in [-0.2, 0) is 16.0 Å². The highest BCUT2D eigenvalue weighted by Gasteiger charge is 2.13. The second-order valence-corrected chi connectivity index (χ2v) is 7.58. The fourth-order valence-corrected chi connectivity index (χ4v) is 3.41. The van der Waals surface area contributed by atoms with Crippen molar-refractivity contribution in [2.75, 3.05) is 44.8 Å². The molecule has 2 aromatic rings. The molecule has 1 saturated heterocycles. The Morgan fingerprint density at radius 3 is 2.78 bits per heavy atom. The Kier molecular flexibility index (Phi) is 7.52. The summed E-state index contributed by atoms with van der Waals surface area (Å²) in [5.74, 6) is 0.512. The van der Waals surface area contributed by atoms with Gasteiger partial charge in [-0.25, -0.2) is 0 Å². The summed E-state index contributed by atoms with van der Waals surface area (Å²) in [7, 11) is 0. The van der Waals surface area contributed by atoms with Crippen molar-refractivity contribution in [2.45, 2.75) is 6.42 Å². The van der Waals surface area contributed by atoms with E-state index in [4.69, 9.17) is 21.1 Å². The first-order valence-corrected chi connectivity index (χ1v) is 10.0. The van der Waals surface area contributed by atoms with Crippen LogP contribution in [0.25, 0.3) is 0 Å². The predicted octanol–water partition coefficient (Wildman–Crippen LogP) is 3.99. The predicted molar refractivity (Wildman–Crippen MR) is 111 cm³/mol. The Morgan fingerprint density at radius 1 is 1.22 bits per heavy atom. The lowest BCUT2D eigenvalue weighted by atomic mass is 10.1. The van der Waals surface area contributed by atoms with E-state index < -0.39 is 0 Å². The molecule has 7 heteroatoms. The van der Waals surface area contributed by atoms with Gasteiger partial charge in [-0.1, -0.05) is 45.7 Å². The van der Waals surface area contributed by atoms with Gasteiger partial charge < -0.3 is 14.8 Å². The Balaban J connectivity index is 1.59. The van der Waals surface area contributed by atoms with Crippen molar-refractivity contribution in [3.8, 4) is 5.75 Å². The summed E-state index contributed by atoms with van der Waals surface area (Å²) in [6, 6.07) is 12.9. The summed E-state index contributed by atoms with van der Waals surface area (Å²) in [4.78, 5) is 14.8. The molecule has 1 N–H and O–H groups in total. The van der Waals surface area contributed by atoms with Gasteiger partial charge in [0.2, 0.25) is 5.91 Å². The average Bonchev–Trinajstić information content (AvgIpc) is 2.66. The van der Waals surface area contributed by atoms with E-state index in [2.05, 4.69) is 26.1 Å². The minimum atomic E-state index is -0.140. The van der Waals surface area contributed by atoms with Gasteiger partial charge in [-0.3, -0.25) is 9.69 Å². The number of carbonyl (C=O) groups excluding carboxylic acids is 1. The molecule has 0 bridgehead atoms. The Hall–Kier alpha value is -1.60. The van der Waals surface area contributed by atoms with Crippen LogP contribution in [0.3, 0.4) is 0 Å². The average molecular weight is 454 g/mol. The number of benzene rings is 2. The molecule has 1 amide bonds. The van der Waals surface area contributed by atoms with Crippen LogP contribution in [0.1, 0.15) is 5.56 Å². The third-order valence-electron chi connectivity index (χ3n) is 4.29. The second-order valence-electron chi connectivity index (χ2n) is 6.26. The fourth-order valence-electron chi connectivity index (χ4n) is 2.84. The summed E-state index contributed by atoms with van der Waals surface area (Å²) >= 11 is 9.59. The molecule has 3 rings (SSSR count). The molecule has 1 fully saturated rings. The van der Waals surface area contributed by atoms with Gasteiger partial charge in [-0.2, -0.15) is 0 Å². The molecule has 0 radical (unpaired) electrons. The van der Waals surface area contributed by atoms with Gasteiger partial charge in [0.15, 0.2) is 0 Å². The second kappa shape index (κ2) is 10.1. The fraction of sp³-hybridized carbons (Fsp3) is 0.350. The molecule has 0 aromatic heterocycles. The number of nitrogens with one attached hydrogen (secondary N) is 1. The van der Waals surface area contributed by atoms with E-state index >= 15 is 0 Å². The largest absolute Gasteiger partial charge is 0.490 e. The highest BCUT2D eigenvalue weighted by molar-refractivity contribution is 9.10. The van der Waals surface area contributed by atoms with Gasteiger partial charge in [0.25, 0.3) is 0 Å². The first-order chi connectivity index (χ1) is 13.1. The monoisotopic (exact) mass is 452 g/mol. The molecule has 1 aliphatic heterocycles. The van der Waals surface area contributed by atoms with Gasteiger partial charge in [-0.15, -0.1) is 0 Å². The summed E-state index contributed by atoms with van der Waals surface area (Å²) in [5.41, 5.74) is 1.44. The lowest BCUT2D eigenvalue weighted by Gasteiger charge is -2.26. The number of hydrogen-bond acceptors (Lipinski definition) is 4. The van der Waals surface area contributed by atoms with Gasteiger partial charge in [-0.05, 0) is 29.8 Å². The number of nitrogens with zero attached hydrogens (tertiary/aromatic N) is 1. The van der Waals surface area contributed by atoms with Gasteiger partial charge in [0.1, 0.15) is 12.4 Å². The van der Waals surface area contributed by atoms with Crippen LogP contribution >= 0.6 is 27.5 Å². The maximum atomic E-state index is 12.5. The van der Waals surface area contributed by atoms with Crippen molar-refractivity contribution >= 4 is 39.1 Å². The SMILES string of the molecule is O=C(Cc1ccccc1Cl)Nc1cc(Br)ccc1OCCN1CCOCC1. The standard InChI is InChI=1S/C20H22BrClN2O3/c21-16-5-6-19(27-12-9-24-7-10-26-11-8-24)18(14-16)23-20(25)13-15-3-1-2-4-17(15)22/h1-6,14H,7-13H2,(H,23,25). The van der Waals surface area contributed by atoms with Crippen molar-refractivity contribution < 1.29 is 14.3 Å². The molecule has 0 saturated carbocycles. The van der Waals surface area contributed by atoms with Crippen LogP contribution in [0.4, 0.5) is 5.69 Å². The third kappa shape index (κ3) is 6.21. The van der Waals surface area contributed by atoms with E-state index in [0.717, 1.165) is 42.9 Å². The van der Waals surface area contributed by atoms with Crippen molar-refractivity contribution in [3.05, 3.63) is 57.5 Å². The van der Waals surface area contributed by atoms with Gasteiger partial charge in [0.05, 0.1) is 25.3 Å². The van der Waals surface area contributed by atoms with Gasteiger partial charge in [0, 0.05) is 29.1 Å². The summed E-state index contributed by atoms with van der Waals surface area (Å²) < 4.78 is 12.1. The van der Waals surface area contributed by atoms with Gasteiger partial charge >= 0.3 is 0 Å². The number of rotatable bonds is 7. The number of ether oxygens (including phenoxy) is 2.